The first kappa shape index (κ1) is 21.9. The second-order valence-corrected chi connectivity index (χ2v) is 9.38. The molecule has 10 nitrogen and oxygen atoms in total. The Morgan fingerprint density at radius 3 is 2.79 bits per heavy atom. The molecular weight excluding hydrogens is 420 g/mol. The minimum atomic E-state index is -0.200. The first-order chi connectivity index (χ1) is 16.2. The van der Waals surface area contributed by atoms with Crippen LogP contribution in [0.4, 0.5) is 22.2 Å². The number of carbonyl (C=O) groups excluding carboxylic acids is 1. The zero-order chi connectivity index (χ0) is 22.6. The molecule has 3 aliphatic rings. The number of piperidine rings is 1. The molecule has 0 aromatic carbocycles. The van der Waals surface area contributed by atoms with E-state index in [1.807, 2.05) is 12.4 Å². The van der Waals surface area contributed by atoms with Crippen LogP contribution in [0.25, 0.3) is 0 Å². The summed E-state index contributed by atoms with van der Waals surface area (Å²) >= 11 is 0. The number of amides is 1. The number of ether oxygens (including phenoxy) is 1. The van der Waals surface area contributed by atoms with Gasteiger partial charge in [-0.2, -0.15) is 10.1 Å². The van der Waals surface area contributed by atoms with Crippen LogP contribution in [0.3, 0.4) is 0 Å². The summed E-state index contributed by atoms with van der Waals surface area (Å²) in [5.74, 6) is 2.01. The average molecular weight is 455 g/mol. The highest BCUT2D eigenvalue weighted by Crippen LogP contribution is 2.42. The summed E-state index contributed by atoms with van der Waals surface area (Å²) in [5.41, 5.74) is 2.09. The second-order valence-electron chi connectivity index (χ2n) is 9.38. The summed E-state index contributed by atoms with van der Waals surface area (Å²) in [6.07, 6.45) is 12.0. The van der Waals surface area contributed by atoms with Gasteiger partial charge in [-0.1, -0.05) is 0 Å². The zero-order valence-corrected chi connectivity index (χ0v) is 19.4. The smallest absolute Gasteiger partial charge is 0.409 e. The van der Waals surface area contributed by atoms with Crippen LogP contribution < -0.4 is 10.6 Å². The number of anilines is 3. The molecule has 2 saturated heterocycles. The number of carbonyl (C=O) groups is 1. The third kappa shape index (κ3) is 5.55. The summed E-state index contributed by atoms with van der Waals surface area (Å²) in [6, 6.07) is 0.448. The molecule has 1 aliphatic carbocycles. The molecule has 2 aromatic heterocycles. The van der Waals surface area contributed by atoms with Gasteiger partial charge in [0.15, 0.2) is 0 Å². The second kappa shape index (κ2) is 9.94. The standard InChI is InChI=1S/C23H34N8O2/c1-29-11-6-19(7-12-29)31-16-18(14-26-31)27-22-25-15-20(17-4-5-17)21(28-22)24-8-2-9-30-10-3-13-33-23(30)32/h14-17,19H,2-13H2,1H3,(H2,24,25,27,28). The van der Waals surface area contributed by atoms with E-state index < -0.39 is 0 Å². The van der Waals surface area contributed by atoms with E-state index in [0.717, 1.165) is 63.4 Å². The predicted octanol–water partition coefficient (Wildman–Crippen LogP) is 3.21. The molecule has 10 heteroatoms. The zero-order valence-electron chi connectivity index (χ0n) is 19.4. The van der Waals surface area contributed by atoms with Gasteiger partial charge in [0.1, 0.15) is 5.82 Å². The number of rotatable bonds is 9. The molecule has 0 unspecified atom stereocenters. The molecule has 0 spiro atoms. The Labute approximate surface area is 194 Å². The first-order valence-electron chi connectivity index (χ1n) is 12.2. The first-order valence-corrected chi connectivity index (χ1v) is 12.2. The summed E-state index contributed by atoms with van der Waals surface area (Å²) in [4.78, 5) is 25.3. The SMILES string of the molecule is CN1CCC(n2cc(Nc3ncc(C4CC4)c(NCCCN4CCCOC4=O)n3)cn2)CC1. The Bertz CT molecular complexity index is 952. The Morgan fingerprint density at radius 1 is 1.15 bits per heavy atom. The van der Waals surface area contributed by atoms with Gasteiger partial charge in [0.2, 0.25) is 5.95 Å². The quantitative estimate of drug-likeness (QED) is 0.557. The van der Waals surface area contributed by atoms with Gasteiger partial charge in [0.25, 0.3) is 0 Å². The van der Waals surface area contributed by atoms with Gasteiger partial charge in [-0.15, -0.1) is 0 Å². The van der Waals surface area contributed by atoms with E-state index in [1.165, 1.54) is 18.4 Å². The van der Waals surface area contributed by atoms with Crippen molar-refractivity contribution < 1.29 is 9.53 Å². The molecular formula is C23H34N8O2. The van der Waals surface area contributed by atoms with Crippen LogP contribution in [-0.2, 0) is 4.74 Å². The van der Waals surface area contributed by atoms with Crippen molar-refractivity contribution in [1.29, 1.82) is 0 Å². The van der Waals surface area contributed by atoms with Crippen molar-refractivity contribution in [3.05, 3.63) is 24.2 Å². The van der Waals surface area contributed by atoms with Gasteiger partial charge in [-0.05, 0) is 64.6 Å². The van der Waals surface area contributed by atoms with E-state index in [2.05, 4.69) is 43.5 Å². The van der Waals surface area contributed by atoms with E-state index in [4.69, 9.17) is 9.72 Å². The van der Waals surface area contributed by atoms with Gasteiger partial charge in [0.05, 0.1) is 24.5 Å². The van der Waals surface area contributed by atoms with Crippen LogP contribution in [0.2, 0.25) is 0 Å². The summed E-state index contributed by atoms with van der Waals surface area (Å²) < 4.78 is 7.18. The maximum atomic E-state index is 11.8. The van der Waals surface area contributed by atoms with Crippen molar-refractivity contribution in [2.45, 2.75) is 50.5 Å². The molecule has 1 saturated carbocycles. The molecule has 0 bridgehead atoms. The molecule has 0 atom stereocenters. The molecule has 33 heavy (non-hydrogen) atoms. The number of cyclic esters (lactones) is 1. The lowest BCUT2D eigenvalue weighted by Gasteiger charge is -2.28. The fourth-order valence-electron chi connectivity index (χ4n) is 4.55. The summed E-state index contributed by atoms with van der Waals surface area (Å²) in [7, 11) is 2.17. The largest absolute Gasteiger partial charge is 0.449 e. The van der Waals surface area contributed by atoms with Crippen molar-refractivity contribution in [3.8, 4) is 0 Å². The van der Waals surface area contributed by atoms with Crippen LogP contribution in [0.5, 0.6) is 0 Å². The summed E-state index contributed by atoms with van der Waals surface area (Å²) in [5, 5.41) is 11.4. The lowest BCUT2D eigenvalue weighted by molar-refractivity contribution is 0.0729. The fourth-order valence-corrected chi connectivity index (χ4v) is 4.55. The highest BCUT2D eigenvalue weighted by Gasteiger charge is 2.28. The van der Waals surface area contributed by atoms with E-state index in [-0.39, 0.29) is 6.09 Å². The monoisotopic (exact) mass is 454 g/mol. The summed E-state index contributed by atoms with van der Waals surface area (Å²) in [6.45, 7) is 4.95. The van der Waals surface area contributed by atoms with Crippen LogP contribution in [0.1, 0.15) is 56.0 Å². The van der Waals surface area contributed by atoms with Crippen molar-refractivity contribution >= 4 is 23.5 Å². The highest BCUT2D eigenvalue weighted by molar-refractivity contribution is 5.68. The number of nitrogens with one attached hydrogen (secondary N) is 2. The molecule has 1 amide bonds. The van der Waals surface area contributed by atoms with Gasteiger partial charge >= 0.3 is 6.09 Å². The molecule has 2 N–H and O–H groups in total. The highest BCUT2D eigenvalue weighted by atomic mass is 16.6. The van der Waals surface area contributed by atoms with Crippen LogP contribution in [-0.4, -0.2) is 82.0 Å². The average Bonchev–Trinajstić information content (AvgIpc) is 3.57. The molecule has 2 aliphatic heterocycles. The molecule has 4 heterocycles. The maximum absolute atomic E-state index is 11.8. The van der Waals surface area contributed by atoms with Gasteiger partial charge in [0, 0.05) is 37.6 Å². The topological polar surface area (TPSA) is 100 Å². The van der Waals surface area contributed by atoms with Crippen molar-refractivity contribution in [1.82, 2.24) is 29.5 Å². The van der Waals surface area contributed by atoms with Crippen molar-refractivity contribution in [2.24, 2.45) is 0 Å². The number of nitrogens with zero attached hydrogens (tertiary/aromatic N) is 6. The van der Waals surface area contributed by atoms with E-state index in [1.54, 1.807) is 4.90 Å². The third-order valence-electron chi connectivity index (χ3n) is 6.71. The molecule has 3 fully saturated rings. The van der Waals surface area contributed by atoms with Crippen LogP contribution >= 0.6 is 0 Å². The van der Waals surface area contributed by atoms with E-state index in [0.29, 0.717) is 31.1 Å². The van der Waals surface area contributed by atoms with Crippen molar-refractivity contribution in [2.75, 3.05) is 57.0 Å². The Hall–Kier alpha value is -2.88. The number of likely N-dealkylation sites (tertiary alicyclic amines) is 1. The molecule has 2 aromatic rings. The predicted molar refractivity (Wildman–Crippen MR) is 126 cm³/mol. The number of hydrogen-bond acceptors (Lipinski definition) is 8. The molecule has 0 radical (unpaired) electrons. The molecule has 178 valence electrons. The minimum absolute atomic E-state index is 0.200. The lowest BCUT2D eigenvalue weighted by Crippen LogP contribution is -2.38. The van der Waals surface area contributed by atoms with Crippen LogP contribution in [0.15, 0.2) is 18.6 Å². The van der Waals surface area contributed by atoms with E-state index >= 15 is 0 Å². The minimum Gasteiger partial charge on any atom is -0.449 e. The Kier molecular flexibility index (Phi) is 6.61. The van der Waals surface area contributed by atoms with Gasteiger partial charge in [-0.25, -0.2) is 9.78 Å². The third-order valence-corrected chi connectivity index (χ3v) is 6.71. The van der Waals surface area contributed by atoms with Gasteiger partial charge < -0.3 is 25.2 Å². The Morgan fingerprint density at radius 2 is 2.00 bits per heavy atom. The molecule has 5 rings (SSSR count). The lowest BCUT2D eigenvalue weighted by atomic mass is 10.1. The Balaban J connectivity index is 1.18. The van der Waals surface area contributed by atoms with E-state index in [9.17, 15) is 4.79 Å². The van der Waals surface area contributed by atoms with Gasteiger partial charge in [-0.3, -0.25) is 4.68 Å². The van der Waals surface area contributed by atoms with Crippen molar-refractivity contribution in [3.63, 3.8) is 0 Å². The number of aromatic nitrogens is 4. The maximum Gasteiger partial charge on any atom is 0.409 e. The van der Waals surface area contributed by atoms with Crippen LogP contribution in [0, 0.1) is 0 Å². The number of hydrogen-bond donors (Lipinski definition) is 2. The normalized spacial score (nSPS) is 20.0. The fraction of sp³-hybridized carbons (Fsp3) is 0.652.